The van der Waals surface area contributed by atoms with Gasteiger partial charge in [0.15, 0.2) is 0 Å². The molecule has 4 heteroatoms. The van der Waals surface area contributed by atoms with E-state index < -0.39 is 14.4 Å². The Morgan fingerprint density at radius 3 is 2.31 bits per heavy atom. The third-order valence-corrected chi connectivity index (χ3v) is 3.61. The Morgan fingerprint density at radius 1 is 1.12 bits per heavy atom. The molecule has 0 bridgehead atoms. The van der Waals surface area contributed by atoms with E-state index in [2.05, 4.69) is 45.0 Å². The molecule has 0 radical (unpaired) electrons. The number of anilines is 2. The van der Waals surface area contributed by atoms with Gasteiger partial charge in [0.2, 0.25) is 0 Å². The van der Waals surface area contributed by atoms with Gasteiger partial charge in [-0.15, -0.1) is 0 Å². The zero-order chi connectivity index (χ0) is 11.4. The lowest BCUT2D eigenvalue weighted by molar-refractivity contribution is 0.122. The van der Waals surface area contributed by atoms with Crippen molar-refractivity contribution >= 4 is 25.7 Å². The van der Waals surface area contributed by atoms with Gasteiger partial charge in [-0.2, -0.15) is 0 Å². The lowest BCUT2D eigenvalue weighted by Crippen LogP contribution is -2.36. The number of hydrogen-bond acceptors (Lipinski definition) is 3. The van der Waals surface area contributed by atoms with Crippen LogP contribution in [0.15, 0.2) is 24.3 Å². The molecule has 0 atom stereocenters. The van der Waals surface area contributed by atoms with Crippen LogP contribution in [0.25, 0.3) is 0 Å². The molecule has 1 aromatic rings. The third-order valence-electron chi connectivity index (χ3n) is 2.70. The fraction of sp³-hybridized carbons (Fsp3) is 0.500. The summed E-state index contributed by atoms with van der Waals surface area (Å²) in [7, 11) is 0. The van der Waals surface area contributed by atoms with Gasteiger partial charge >= 0.3 is 14.4 Å². The molecule has 1 N–H and O–H groups in total. The molecule has 1 fully saturated rings. The Hall–Kier alpha value is -0.688. The topological polar surface area (TPSA) is 24.5 Å². The van der Waals surface area contributed by atoms with Crippen molar-refractivity contribution in [2.75, 3.05) is 35.5 Å². The summed E-state index contributed by atoms with van der Waals surface area (Å²) < 4.78 is 8.88. The van der Waals surface area contributed by atoms with E-state index in [-0.39, 0.29) is 0 Å². The first-order valence-corrected chi connectivity index (χ1v) is 8.83. The summed E-state index contributed by atoms with van der Waals surface area (Å²) in [5.74, 6) is 4.58. The van der Waals surface area contributed by atoms with Crippen LogP contribution in [0.3, 0.4) is 0 Å². The zero-order valence-corrected chi connectivity index (χ0v) is 11.2. The Labute approximate surface area is 102 Å². The van der Waals surface area contributed by atoms with E-state index in [1.165, 1.54) is 11.4 Å². The van der Waals surface area contributed by atoms with Crippen LogP contribution in [-0.2, 0) is 4.74 Å². The summed E-state index contributed by atoms with van der Waals surface area (Å²) in [5.41, 5.74) is 2.55. The van der Waals surface area contributed by atoms with Gasteiger partial charge in [-0.25, -0.2) is 0 Å². The first-order valence-electron chi connectivity index (χ1n) is 5.95. The van der Waals surface area contributed by atoms with Crippen molar-refractivity contribution in [3.8, 4) is 0 Å². The zero-order valence-electron chi connectivity index (χ0n) is 10.1. The Balaban J connectivity index is 2.00. The molecule has 1 saturated heterocycles. The van der Waals surface area contributed by atoms with E-state index in [9.17, 15) is 0 Å². The second-order valence-electron chi connectivity index (χ2n) is 4.45. The normalized spacial score (nSPS) is 16.0. The molecule has 2 rings (SSSR count). The fourth-order valence-electron chi connectivity index (χ4n) is 1.92. The number of morpholine rings is 1. The van der Waals surface area contributed by atoms with Crippen LogP contribution in [0.1, 0.15) is 0 Å². The van der Waals surface area contributed by atoms with Crippen molar-refractivity contribution in [1.29, 1.82) is 0 Å². The Bertz CT molecular complexity index is 320. The molecule has 1 aliphatic heterocycles. The number of ether oxygens (including phenoxy) is 1. The minimum atomic E-state index is -0.730. The van der Waals surface area contributed by atoms with E-state index in [0.717, 1.165) is 26.3 Å². The molecule has 16 heavy (non-hydrogen) atoms. The largest absolute Gasteiger partial charge is 0.476 e. The van der Waals surface area contributed by atoms with Crippen LogP contribution in [-0.4, -0.2) is 40.7 Å². The number of nitrogens with zero attached hydrogens (tertiary/aromatic N) is 1. The van der Waals surface area contributed by atoms with Crippen molar-refractivity contribution in [2.24, 2.45) is 0 Å². The lowest BCUT2D eigenvalue weighted by Gasteiger charge is -2.29. The van der Waals surface area contributed by atoms with Crippen molar-refractivity contribution in [2.45, 2.75) is 11.6 Å². The van der Waals surface area contributed by atoms with E-state index in [0.29, 0.717) is 0 Å². The quantitative estimate of drug-likeness (QED) is 0.811. The standard InChI is InChI=1S/C10H13N2O.2CH3.Al/c11-9-1-3-10(4-2-9)12-5-7-13-8-6-12;;;/h1-4,11H,5-8H2;2*1H3;/q-1;;;+1. The predicted molar refractivity (Wildman–Crippen MR) is 70.6 cm³/mol. The number of benzene rings is 1. The first-order chi connectivity index (χ1) is 7.75. The predicted octanol–water partition coefficient (Wildman–Crippen LogP) is 2.19. The van der Waals surface area contributed by atoms with Gasteiger partial charge in [0.05, 0.1) is 13.2 Å². The molecular formula is C12H19AlN2O. The molecule has 0 saturated carbocycles. The molecule has 3 nitrogen and oxygen atoms in total. The van der Waals surface area contributed by atoms with Gasteiger partial charge in [0.25, 0.3) is 0 Å². The number of rotatable bonds is 3. The average Bonchev–Trinajstić information content (AvgIpc) is 2.30. The summed E-state index contributed by atoms with van der Waals surface area (Å²) in [6, 6.07) is 8.75. The van der Waals surface area contributed by atoms with E-state index in [1.807, 2.05) is 0 Å². The van der Waals surface area contributed by atoms with Crippen LogP contribution in [0.2, 0.25) is 11.6 Å². The van der Waals surface area contributed by atoms with Gasteiger partial charge in [0.1, 0.15) is 0 Å². The third kappa shape index (κ3) is 3.15. The maximum absolute atomic E-state index is 5.35. The summed E-state index contributed by atoms with van der Waals surface area (Å²) in [6.07, 6.45) is 0. The maximum Gasteiger partial charge on any atom is 0.404 e. The average molecular weight is 234 g/mol. The van der Waals surface area contributed by atoms with Gasteiger partial charge < -0.3 is 13.9 Å². The molecular weight excluding hydrogens is 215 g/mol. The highest BCUT2D eigenvalue weighted by molar-refractivity contribution is 6.59. The highest BCUT2D eigenvalue weighted by atomic mass is 27.2. The Kier molecular flexibility index (Phi) is 4.11. The summed E-state index contributed by atoms with van der Waals surface area (Å²) in [4.78, 5) is 2.38. The molecule has 0 amide bonds. The summed E-state index contributed by atoms with van der Waals surface area (Å²) in [5, 5.41) is 0. The highest BCUT2D eigenvalue weighted by Crippen LogP contribution is 2.19. The van der Waals surface area contributed by atoms with Gasteiger partial charge in [-0.3, -0.25) is 0 Å². The maximum atomic E-state index is 5.35. The molecule has 0 spiro atoms. The van der Waals surface area contributed by atoms with Crippen molar-refractivity contribution < 1.29 is 4.74 Å². The second-order valence-corrected chi connectivity index (χ2v) is 7.04. The lowest BCUT2D eigenvalue weighted by atomic mass is 10.2. The molecule has 1 aromatic carbocycles. The number of nitrogens with one attached hydrogen (secondary N) is 1. The van der Waals surface area contributed by atoms with Gasteiger partial charge in [-0.1, -0.05) is 11.6 Å². The molecule has 0 aromatic heterocycles. The molecule has 0 unspecified atom stereocenters. The van der Waals surface area contributed by atoms with E-state index in [4.69, 9.17) is 4.74 Å². The summed E-state index contributed by atoms with van der Waals surface area (Å²) in [6.45, 7) is 3.70. The monoisotopic (exact) mass is 234 g/mol. The minimum Gasteiger partial charge on any atom is -0.476 e. The molecule has 86 valence electrons. The summed E-state index contributed by atoms with van der Waals surface area (Å²) >= 11 is -0.730. The van der Waals surface area contributed by atoms with Gasteiger partial charge in [-0.05, 0) is 24.3 Å². The van der Waals surface area contributed by atoms with E-state index in [1.54, 1.807) is 0 Å². The molecule has 1 aliphatic rings. The van der Waals surface area contributed by atoms with Crippen molar-refractivity contribution in [3.05, 3.63) is 24.3 Å². The van der Waals surface area contributed by atoms with Crippen LogP contribution in [0.4, 0.5) is 11.4 Å². The van der Waals surface area contributed by atoms with Gasteiger partial charge in [0, 0.05) is 24.5 Å². The number of hydrogen-bond donors (Lipinski definition) is 1. The smallest absolute Gasteiger partial charge is 0.404 e. The second kappa shape index (κ2) is 5.58. The SMILES string of the molecule is [CH3][Al]([CH3])[NH]c1ccc(N2CCOCC2)cc1. The van der Waals surface area contributed by atoms with Crippen LogP contribution in [0.5, 0.6) is 0 Å². The van der Waals surface area contributed by atoms with Crippen molar-refractivity contribution in [3.63, 3.8) is 0 Å². The highest BCUT2D eigenvalue weighted by Gasteiger charge is 2.11. The van der Waals surface area contributed by atoms with Crippen LogP contribution < -0.4 is 9.20 Å². The van der Waals surface area contributed by atoms with E-state index >= 15 is 0 Å². The van der Waals surface area contributed by atoms with Crippen molar-refractivity contribution in [1.82, 2.24) is 0 Å². The Morgan fingerprint density at radius 2 is 1.75 bits per heavy atom. The van der Waals surface area contributed by atoms with Crippen LogP contribution >= 0.6 is 0 Å². The first kappa shape index (κ1) is 11.8. The molecule has 1 heterocycles. The minimum absolute atomic E-state index is 0.730. The van der Waals surface area contributed by atoms with Crippen LogP contribution in [0, 0.1) is 0 Å². The fourth-order valence-corrected chi connectivity index (χ4v) is 2.78. The molecule has 0 aliphatic carbocycles.